The fraction of sp³-hybridized carbons (Fsp3) is 0.444. The summed E-state index contributed by atoms with van der Waals surface area (Å²) in [5.74, 6) is -0.917. The number of carbonyl (C=O) groups is 2. The molecule has 0 fully saturated rings. The van der Waals surface area contributed by atoms with Gasteiger partial charge in [-0.1, -0.05) is 0 Å². The molecule has 1 heterocycles. The normalized spacial score (nSPS) is 9.81. The highest BCUT2D eigenvalue weighted by Crippen LogP contribution is 2.02. The molecule has 0 bridgehead atoms. The van der Waals surface area contributed by atoms with E-state index in [1.165, 1.54) is 16.2 Å². The molecule has 0 radical (unpaired) electrons. The van der Waals surface area contributed by atoms with Gasteiger partial charge in [0.25, 0.3) is 0 Å². The third kappa shape index (κ3) is 4.26. The van der Waals surface area contributed by atoms with Gasteiger partial charge >= 0.3 is 12.0 Å². The zero-order chi connectivity index (χ0) is 12.0. The first-order valence-corrected chi connectivity index (χ1v) is 5.56. The number of aromatic nitrogens is 1. The number of amides is 2. The highest BCUT2D eigenvalue weighted by molar-refractivity contribution is 7.09. The van der Waals surface area contributed by atoms with Gasteiger partial charge in [-0.25, -0.2) is 9.78 Å². The molecule has 0 aliphatic rings. The first-order valence-electron chi connectivity index (χ1n) is 4.68. The van der Waals surface area contributed by atoms with Gasteiger partial charge in [0.15, 0.2) is 0 Å². The molecular formula is C9H13N3O3S. The van der Waals surface area contributed by atoms with Crippen LogP contribution in [0.15, 0.2) is 11.6 Å². The Morgan fingerprint density at radius 1 is 1.62 bits per heavy atom. The van der Waals surface area contributed by atoms with Crippen LogP contribution in [0.2, 0.25) is 0 Å². The Kier molecular flexibility index (Phi) is 4.71. The third-order valence-corrected chi connectivity index (χ3v) is 2.66. The van der Waals surface area contributed by atoms with Gasteiger partial charge in [-0.15, -0.1) is 11.3 Å². The monoisotopic (exact) mass is 243 g/mol. The van der Waals surface area contributed by atoms with E-state index in [0.29, 0.717) is 6.54 Å². The molecule has 0 aliphatic heterocycles. The molecule has 0 spiro atoms. The van der Waals surface area contributed by atoms with E-state index in [2.05, 4.69) is 10.3 Å². The zero-order valence-corrected chi connectivity index (χ0v) is 9.66. The van der Waals surface area contributed by atoms with Crippen molar-refractivity contribution in [1.82, 2.24) is 15.2 Å². The lowest BCUT2D eigenvalue weighted by Crippen LogP contribution is -2.37. The number of nitrogens with one attached hydrogen (secondary N) is 1. The van der Waals surface area contributed by atoms with Crippen molar-refractivity contribution in [2.24, 2.45) is 0 Å². The van der Waals surface area contributed by atoms with Crippen LogP contribution >= 0.6 is 11.3 Å². The SMILES string of the molecule is CN(CCC(=O)O)C(=O)NCc1nccs1. The van der Waals surface area contributed by atoms with Crippen LogP contribution < -0.4 is 5.32 Å². The molecule has 2 amide bonds. The van der Waals surface area contributed by atoms with Gasteiger partial charge in [-0.3, -0.25) is 4.79 Å². The van der Waals surface area contributed by atoms with Gasteiger partial charge in [-0.2, -0.15) is 0 Å². The molecule has 0 saturated heterocycles. The summed E-state index contributed by atoms with van der Waals surface area (Å²) >= 11 is 1.46. The van der Waals surface area contributed by atoms with Crippen molar-refractivity contribution in [1.29, 1.82) is 0 Å². The molecule has 88 valence electrons. The maximum Gasteiger partial charge on any atom is 0.317 e. The van der Waals surface area contributed by atoms with Gasteiger partial charge in [0, 0.05) is 25.2 Å². The third-order valence-electron chi connectivity index (χ3n) is 1.88. The van der Waals surface area contributed by atoms with E-state index in [-0.39, 0.29) is 19.0 Å². The maximum atomic E-state index is 11.4. The summed E-state index contributed by atoms with van der Waals surface area (Å²) < 4.78 is 0. The van der Waals surface area contributed by atoms with E-state index in [9.17, 15) is 9.59 Å². The highest BCUT2D eigenvalue weighted by atomic mass is 32.1. The molecular weight excluding hydrogens is 230 g/mol. The summed E-state index contributed by atoms with van der Waals surface area (Å²) in [6.07, 6.45) is 1.61. The van der Waals surface area contributed by atoms with Crippen LogP contribution in [0.4, 0.5) is 4.79 Å². The van der Waals surface area contributed by atoms with Crippen LogP contribution in [0.25, 0.3) is 0 Å². The second kappa shape index (κ2) is 6.06. The fourth-order valence-electron chi connectivity index (χ4n) is 0.991. The lowest BCUT2D eigenvalue weighted by Gasteiger charge is -2.16. The van der Waals surface area contributed by atoms with Crippen LogP contribution in [-0.4, -0.2) is 40.6 Å². The molecule has 1 aromatic rings. The average Bonchev–Trinajstić information content (AvgIpc) is 2.75. The maximum absolute atomic E-state index is 11.4. The second-order valence-electron chi connectivity index (χ2n) is 3.15. The number of carboxylic acids is 1. The first-order chi connectivity index (χ1) is 7.59. The molecule has 6 nitrogen and oxygen atoms in total. The summed E-state index contributed by atoms with van der Waals surface area (Å²) in [4.78, 5) is 27.1. The molecule has 0 aliphatic carbocycles. The lowest BCUT2D eigenvalue weighted by molar-refractivity contribution is -0.137. The van der Waals surface area contributed by atoms with Crippen LogP contribution in [0, 0.1) is 0 Å². The molecule has 0 unspecified atom stereocenters. The molecule has 0 atom stereocenters. The number of carbonyl (C=O) groups excluding carboxylic acids is 1. The van der Waals surface area contributed by atoms with Gasteiger partial charge in [0.1, 0.15) is 5.01 Å². The standard InChI is InChI=1S/C9H13N3O3S/c1-12(4-2-8(13)14)9(15)11-6-7-10-3-5-16-7/h3,5H,2,4,6H2,1H3,(H,11,15)(H,13,14). The minimum absolute atomic E-state index is 0.0544. The number of hydrogen-bond acceptors (Lipinski definition) is 4. The first kappa shape index (κ1) is 12.4. The Morgan fingerprint density at radius 2 is 2.38 bits per heavy atom. The van der Waals surface area contributed by atoms with E-state index in [4.69, 9.17) is 5.11 Å². The van der Waals surface area contributed by atoms with E-state index in [1.54, 1.807) is 13.2 Å². The highest BCUT2D eigenvalue weighted by Gasteiger charge is 2.09. The average molecular weight is 243 g/mol. The van der Waals surface area contributed by atoms with E-state index in [0.717, 1.165) is 5.01 Å². The van der Waals surface area contributed by atoms with Crippen molar-refractivity contribution in [3.8, 4) is 0 Å². The Hall–Kier alpha value is -1.63. The number of carboxylic acid groups (broad SMARTS) is 1. The van der Waals surface area contributed by atoms with Gasteiger partial charge in [0.2, 0.25) is 0 Å². The summed E-state index contributed by atoms with van der Waals surface area (Å²) in [6, 6.07) is -0.295. The van der Waals surface area contributed by atoms with E-state index >= 15 is 0 Å². The molecule has 1 rings (SSSR count). The Labute approximate surface area is 96.9 Å². The van der Waals surface area contributed by atoms with Crippen molar-refractivity contribution in [3.63, 3.8) is 0 Å². The molecule has 0 saturated carbocycles. The molecule has 2 N–H and O–H groups in total. The number of urea groups is 1. The second-order valence-corrected chi connectivity index (χ2v) is 4.13. The smallest absolute Gasteiger partial charge is 0.317 e. The number of hydrogen-bond donors (Lipinski definition) is 2. The van der Waals surface area contributed by atoms with Gasteiger partial charge in [0.05, 0.1) is 13.0 Å². The van der Waals surface area contributed by atoms with Crippen LogP contribution in [0.5, 0.6) is 0 Å². The number of aliphatic carboxylic acids is 1. The minimum Gasteiger partial charge on any atom is -0.481 e. The van der Waals surface area contributed by atoms with Gasteiger partial charge < -0.3 is 15.3 Å². The molecule has 1 aromatic heterocycles. The Balaban J connectivity index is 2.26. The number of rotatable bonds is 5. The van der Waals surface area contributed by atoms with Crippen molar-refractivity contribution in [3.05, 3.63) is 16.6 Å². The van der Waals surface area contributed by atoms with Crippen LogP contribution in [0.3, 0.4) is 0 Å². The van der Waals surface area contributed by atoms with Crippen molar-refractivity contribution in [2.75, 3.05) is 13.6 Å². The summed E-state index contributed by atoms with van der Waals surface area (Å²) in [5, 5.41) is 13.8. The topological polar surface area (TPSA) is 82.5 Å². The fourth-order valence-corrected chi connectivity index (χ4v) is 1.55. The van der Waals surface area contributed by atoms with Crippen LogP contribution in [-0.2, 0) is 11.3 Å². The number of thiazole rings is 1. The zero-order valence-electron chi connectivity index (χ0n) is 8.84. The Morgan fingerprint density at radius 3 is 2.94 bits per heavy atom. The lowest BCUT2D eigenvalue weighted by atomic mass is 10.4. The van der Waals surface area contributed by atoms with E-state index in [1.807, 2.05) is 5.38 Å². The summed E-state index contributed by atoms with van der Waals surface area (Å²) in [5.41, 5.74) is 0. The molecule has 16 heavy (non-hydrogen) atoms. The van der Waals surface area contributed by atoms with Crippen LogP contribution in [0.1, 0.15) is 11.4 Å². The van der Waals surface area contributed by atoms with Crippen molar-refractivity contribution in [2.45, 2.75) is 13.0 Å². The predicted molar refractivity (Wildman–Crippen MR) is 59.2 cm³/mol. The number of nitrogens with zero attached hydrogens (tertiary/aromatic N) is 2. The van der Waals surface area contributed by atoms with Crippen molar-refractivity contribution < 1.29 is 14.7 Å². The van der Waals surface area contributed by atoms with Crippen molar-refractivity contribution >= 4 is 23.3 Å². The summed E-state index contributed by atoms with van der Waals surface area (Å²) in [7, 11) is 1.56. The molecule has 0 aromatic carbocycles. The predicted octanol–water partition coefficient (Wildman–Crippen LogP) is 0.759. The quantitative estimate of drug-likeness (QED) is 0.799. The Bertz CT molecular complexity index is 353. The minimum atomic E-state index is -0.917. The van der Waals surface area contributed by atoms with E-state index < -0.39 is 5.97 Å². The summed E-state index contributed by atoms with van der Waals surface area (Å²) in [6.45, 7) is 0.562. The molecule has 7 heteroatoms. The largest absolute Gasteiger partial charge is 0.481 e. The van der Waals surface area contributed by atoms with Gasteiger partial charge in [-0.05, 0) is 0 Å².